The Kier molecular flexibility index (Phi) is 3.27. The Balaban J connectivity index is 2.18. The van der Waals surface area contributed by atoms with E-state index in [2.05, 4.69) is 5.43 Å². The van der Waals surface area contributed by atoms with Crippen LogP contribution < -0.4 is 11.2 Å². The second-order valence-electron chi connectivity index (χ2n) is 4.12. The predicted molar refractivity (Wildman–Crippen MR) is 58.0 cm³/mol. The molecule has 1 aromatic rings. The number of hydrogen-bond donors (Lipinski definition) is 2. The zero-order valence-corrected chi connectivity index (χ0v) is 9.37. The summed E-state index contributed by atoms with van der Waals surface area (Å²) in [6, 6.07) is 4.58. The maximum atomic E-state index is 12.7. The molecule has 0 spiro atoms. The van der Waals surface area contributed by atoms with Crippen molar-refractivity contribution in [1.82, 2.24) is 10.4 Å². The van der Waals surface area contributed by atoms with E-state index in [4.69, 9.17) is 5.73 Å². The number of nitrogens with one attached hydrogen (secondary N) is 1. The van der Waals surface area contributed by atoms with Gasteiger partial charge in [0.05, 0.1) is 5.56 Å². The molecular formula is C11H12F3N3O. The molecule has 18 heavy (non-hydrogen) atoms. The summed E-state index contributed by atoms with van der Waals surface area (Å²) in [5.74, 6) is -0.375. The molecule has 0 radical (unpaired) electrons. The lowest BCUT2D eigenvalue weighted by Crippen LogP contribution is -2.33. The van der Waals surface area contributed by atoms with Gasteiger partial charge in [0.2, 0.25) is 0 Å². The first kappa shape index (κ1) is 12.8. The molecule has 1 unspecified atom stereocenters. The average molecular weight is 259 g/mol. The fraction of sp³-hybridized carbons (Fsp3) is 0.364. The molecule has 1 saturated heterocycles. The summed E-state index contributed by atoms with van der Waals surface area (Å²) in [5, 5.41) is 1.39. The summed E-state index contributed by atoms with van der Waals surface area (Å²) in [6.07, 6.45) is -4.40. The number of hydrogen-bond acceptors (Lipinski definition) is 3. The number of benzene rings is 1. The normalized spacial score (nSPS) is 21.1. The zero-order chi connectivity index (χ0) is 13.3. The second-order valence-corrected chi connectivity index (χ2v) is 4.12. The maximum Gasteiger partial charge on any atom is 0.416 e. The van der Waals surface area contributed by atoms with Crippen LogP contribution >= 0.6 is 0 Å². The van der Waals surface area contributed by atoms with E-state index in [1.807, 2.05) is 0 Å². The highest BCUT2D eigenvalue weighted by atomic mass is 19.4. The monoisotopic (exact) mass is 259 g/mol. The van der Waals surface area contributed by atoms with Crippen molar-refractivity contribution in [3.8, 4) is 0 Å². The minimum Gasteiger partial charge on any atom is -0.319 e. The van der Waals surface area contributed by atoms with Gasteiger partial charge in [-0.15, -0.1) is 0 Å². The van der Waals surface area contributed by atoms with E-state index in [1.165, 1.54) is 23.2 Å². The van der Waals surface area contributed by atoms with Crippen LogP contribution in [0, 0.1) is 0 Å². The van der Waals surface area contributed by atoms with Gasteiger partial charge in [-0.05, 0) is 11.6 Å². The fourth-order valence-electron chi connectivity index (χ4n) is 1.85. The average Bonchev–Trinajstić information content (AvgIpc) is 2.57. The molecule has 98 valence electrons. The van der Waals surface area contributed by atoms with Gasteiger partial charge in [0, 0.05) is 13.1 Å². The minimum atomic E-state index is -4.40. The largest absolute Gasteiger partial charge is 0.416 e. The van der Waals surface area contributed by atoms with E-state index in [9.17, 15) is 18.0 Å². The third kappa shape index (κ3) is 2.62. The van der Waals surface area contributed by atoms with Crippen molar-refractivity contribution in [2.45, 2.75) is 18.8 Å². The van der Waals surface area contributed by atoms with Crippen molar-refractivity contribution in [3.05, 3.63) is 35.4 Å². The summed E-state index contributed by atoms with van der Waals surface area (Å²) in [7, 11) is 0. The Morgan fingerprint density at radius 1 is 1.39 bits per heavy atom. The van der Waals surface area contributed by atoms with E-state index in [-0.39, 0.29) is 24.6 Å². The van der Waals surface area contributed by atoms with Crippen LogP contribution in [0.4, 0.5) is 13.2 Å². The van der Waals surface area contributed by atoms with E-state index in [0.717, 1.165) is 6.07 Å². The molecule has 1 fully saturated rings. The van der Waals surface area contributed by atoms with Crippen molar-refractivity contribution < 1.29 is 18.0 Å². The summed E-state index contributed by atoms with van der Waals surface area (Å²) in [6.45, 7) is 0.181. The van der Waals surface area contributed by atoms with Crippen molar-refractivity contribution in [2.24, 2.45) is 5.73 Å². The Hall–Kier alpha value is -1.60. The number of halogens is 3. The SMILES string of the molecule is NC1CN(Cc2ccccc2C(F)(F)F)NC1=O. The fourth-order valence-corrected chi connectivity index (χ4v) is 1.85. The molecule has 1 aliphatic rings. The molecule has 1 aromatic carbocycles. The van der Waals surface area contributed by atoms with E-state index >= 15 is 0 Å². The molecular weight excluding hydrogens is 247 g/mol. The number of alkyl halides is 3. The first-order chi connectivity index (χ1) is 8.38. The van der Waals surface area contributed by atoms with Gasteiger partial charge in [-0.3, -0.25) is 10.2 Å². The van der Waals surface area contributed by atoms with Gasteiger partial charge in [0.15, 0.2) is 0 Å². The smallest absolute Gasteiger partial charge is 0.319 e. The molecule has 3 N–H and O–H groups in total. The zero-order valence-electron chi connectivity index (χ0n) is 9.37. The van der Waals surface area contributed by atoms with Crippen molar-refractivity contribution in [2.75, 3.05) is 6.54 Å². The van der Waals surface area contributed by atoms with Crippen molar-refractivity contribution in [3.63, 3.8) is 0 Å². The molecule has 2 rings (SSSR count). The molecule has 4 nitrogen and oxygen atoms in total. The standard InChI is InChI=1S/C11H12F3N3O/c12-11(13,14)8-4-2-1-3-7(8)5-17-6-9(15)10(18)16-17/h1-4,9H,5-6,15H2,(H,16,18). The first-order valence-corrected chi connectivity index (χ1v) is 5.34. The maximum absolute atomic E-state index is 12.7. The van der Waals surface area contributed by atoms with E-state index < -0.39 is 17.8 Å². The van der Waals surface area contributed by atoms with Crippen LogP contribution in [-0.4, -0.2) is 23.5 Å². The van der Waals surface area contributed by atoms with E-state index in [0.29, 0.717) is 0 Å². The number of carbonyl (C=O) groups is 1. The minimum absolute atomic E-state index is 0.0187. The van der Waals surface area contributed by atoms with Gasteiger partial charge in [0.1, 0.15) is 6.04 Å². The second kappa shape index (κ2) is 4.58. The van der Waals surface area contributed by atoms with Gasteiger partial charge in [-0.2, -0.15) is 13.2 Å². The molecule has 7 heteroatoms. The first-order valence-electron chi connectivity index (χ1n) is 5.34. The molecule has 0 bridgehead atoms. The third-order valence-electron chi connectivity index (χ3n) is 2.71. The molecule has 1 atom stereocenters. The lowest BCUT2D eigenvalue weighted by molar-refractivity contribution is -0.138. The molecule has 0 aliphatic carbocycles. The van der Waals surface area contributed by atoms with Crippen LogP contribution in [-0.2, 0) is 17.5 Å². The van der Waals surface area contributed by atoms with Crippen LogP contribution in [0.1, 0.15) is 11.1 Å². The van der Waals surface area contributed by atoms with Crippen LogP contribution in [0.2, 0.25) is 0 Å². The van der Waals surface area contributed by atoms with Crippen molar-refractivity contribution in [1.29, 1.82) is 0 Å². The Morgan fingerprint density at radius 3 is 2.61 bits per heavy atom. The van der Waals surface area contributed by atoms with Crippen LogP contribution in [0.5, 0.6) is 0 Å². The summed E-state index contributed by atoms with van der Waals surface area (Å²) < 4.78 is 38.2. The van der Waals surface area contributed by atoms with E-state index in [1.54, 1.807) is 0 Å². The van der Waals surface area contributed by atoms with Gasteiger partial charge < -0.3 is 5.73 Å². The third-order valence-corrected chi connectivity index (χ3v) is 2.71. The molecule has 1 heterocycles. The van der Waals surface area contributed by atoms with Crippen LogP contribution in [0.3, 0.4) is 0 Å². The van der Waals surface area contributed by atoms with Gasteiger partial charge >= 0.3 is 6.18 Å². The molecule has 0 saturated carbocycles. The van der Waals surface area contributed by atoms with Gasteiger partial charge in [-0.25, -0.2) is 5.01 Å². The topological polar surface area (TPSA) is 58.4 Å². The molecule has 1 amide bonds. The lowest BCUT2D eigenvalue weighted by atomic mass is 10.1. The summed E-state index contributed by atoms with van der Waals surface area (Å²) in [5.41, 5.74) is 7.32. The van der Waals surface area contributed by atoms with Gasteiger partial charge in [-0.1, -0.05) is 18.2 Å². The van der Waals surface area contributed by atoms with Gasteiger partial charge in [0.25, 0.3) is 5.91 Å². The number of hydrazine groups is 1. The molecule has 0 aromatic heterocycles. The predicted octanol–water partition coefficient (Wildman–Crippen LogP) is 0.879. The number of nitrogens with zero attached hydrogens (tertiary/aromatic N) is 1. The Morgan fingerprint density at radius 2 is 2.06 bits per heavy atom. The lowest BCUT2D eigenvalue weighted by Gasteiger charge is -2.18. The summed E-state index contributed by atoms with van der Waals surface area (Å²) in [4.78, 5) is 11.2. The highest BCUT2D eigenvalue weighted by Crippen LogP contribution is 2.32. The number of amides is 1. The Bertz CT molecular complexity index is 461. The number of nitrogens with two attached hydrogens (primary N) is 1. The molecule has 1 aliphatic heterocycles. The number of carbonyl (C=O) groups excluding carboxylic acids is 1. The summed E-state index contributed by atoms with van der Waals surface area (Å²) >= 11 is 0. The number of rotatable bonds is 2. The van der Waals surface area contributed by atoms with Crippen LogP contribution in [0.25, 0.3) is 0 Å². The highest BCUT2D eigenvalue weighted by molar-refractivity contribution is 5.83. The van der Waals surface area contributed by atoms with Crippen molar-refractivity contribution >= 4 is 5.91 Å². The Labute approximate surface area is 102 Å². The quantitative estimate of drug-likeness (QED) is 0.829. The highest BCUT2D eigenvalue weighted by Gasteiger charge is 2.34. The van der Waals surface area contributed by atoms with Crippen LogP contribution in [0.15, 0.2) is 24.3 Å².